The van der Waals surface area contributed by atoms with Crippen LogP contribution in [0.15, 0.2) is 65.2 Å². The molecule has 0 fully saturated rings. The number of ether oxygens (including phenoxy) is 1. The predicted octanol–water partition coefficient (Wildman–Crippen LogP) is 6.11. The normalized spacial score (nSPS) is 10.9. The maximum absolute atomic E-state index is 13.1. The molecular weight excluding hydrogens is 456 g/mol. The lowest BCUT2D eigenvalue weighted by Gasteiger charge is -2.09. The number of carbonyl (C=O) groups is 1. The lowest BCUT2D eigenvalue weighted by Crippen LogP contribution is -2.12. The van der Waals surface area contributed by atoms with Crippen molar-refractivity contribution in [3.05, 3.63) is 99.3 Å². The number of amides is 1. The Morgan fingerprint density at radius 1 is 1.12 bits per heavy atom. The third-order valence-electron chi connectivity index (χ3n) is 4.61. The van der Waals surface area contributed by atoms with Crippen LogP contribution < -0.4 is 10.1 Å². The van der Waals surface area contributed by atoms with E-state index < -0.39 is 5.91 Å². The molecule has 0 spiro atoms. The Kier molecular flexibility index (Phi) is 6.48. The number of benzene rings is 2. The molecule has 0 aliphatic rings. The van der Waals surface area contributed by atoms with Crippen molar-refractivity contribution in [3.8, 4) is 5.75 Å². The molecule has 2 aromatic heterocycles. The fourth-order valence-corrected chi connectivity index (χ4v) is 3.50. The number of furan rings is 1. The highest BCUT2D eigenvalue weighted by Gasteiger charge is 2.16. The molecule has 0 aliphatic carbocycles. The van der Waals surface area contributed by atoms with Gasteiger partial charge in [-0.3, -0.25) is 9.48 Å². The Morgan fingerprint density at radius 3 is 2.66 bits per heavy atom. The minimum Gasteiger partial charge on any atom is -0.484 e. The number of carbonyl (C=O) groups excluding carboxylic acids is 1. The van der Waals surface area contributed by atoms with Crippen LogP contribution in [0.25, 0.3) is 0 Å². The van der Waals surface area contributed by atoms with Crippen LogP contribution in [-0.2, 0) is 13.2 Å². The van der Waals surface area contributed by atoms with Crippen molar-refractivity contribution in [2.45, 2.75) is 20.1 Å². The number of hydrogen-bond acceptors (Lipinski definition) is 4. The molecule has 0 aliphatic heterocycles. The molecule has 9 heteroatoms. The molecule has 6 nitrogen and oxygen atoms in total. The van der Waals surface area contributed by atoms with E-state index in [0.29, 0.717) is 23.1 Å². The lowest BCUT2D eigenvalue weighted by molar-refractivity contribution is 0.0992. The fraction of sp³-hybridized carbons (Fsp3) is 0.130. The van der Waals surface area contributed by atoms with Crippen molar-refractivity contribution in [2.24, 2.45) is 0 Å². The topological polar surface area (TPSA) is 69.3 Å². The highest BCUT2D eigenvalue weighted by molar-refractivity contribution is 6.33. The second-order valence-corrected chi connectivity index (χ2v) is 7.86. The van der Waals surface area contributed by atoms with E-state index in [9.17, 15) is 9.18 Å². The molecule has 1 amide bonds. The van der Waals surface area contributed by atoms with Crippen molar-refractivity contribution in [2.75, 3.05) is 5.32 Å². The summed E-state index contributed by atoms with van der Waals surface area (Å²) in [5.41, 5.74) is 1.74. The number of rotatable bonds is 7. The number of anilines is 1. The number of nitrogens with zero attached hydrogens (tertiary/aromatic N) is 2. The summed E-state index contributed by atoms with van der Waals surface area (Å²) in [5.74, 6) is 0.491. The molecule has 164 valence electrons. The number of aromatic nitrogens is 2. The van der Waals surface area contributed by atoms with Gasteiger partial charge in [0.2, 0.25) is 0 Å². The van der Waals surface area contributed by atoms with Crippen molar-refractivity contribution >= 4 is 34.9 Å². The first-order valence-electron chi connectivity index (χ1n) is 9.64. The number of aryl methyl sites for hydroxylation is 1. The average molecular weight is 474 g/mol. The molecule has 32 heavy (non-hydrogen) atoms. The van der Waals surface area contributed by atoms with Crippen LogP contribution >= 0.6 is 23.2 Å². The molecule has 2 aromatic carbocycles. The Morgan fingerprint density at radius 2 is 1.91 bits per heavy atom. The van der Waals surface area contributed by atoms with E-state index in [4.69, 9.17) is 32.4 Å². The molecule has 1 N–H and O–H groups in total. The summed E-state index contributed by atoms with van der Waals surface area (Å²) in [6.45, 7) is 2.38. The molecular formula is C23H18Cl2FN3O3. The fourth-order valence-electron chi connectivity index (χ4n) is 3.03. The van der Waals surface area contributed by atoms with Crippen molar-refractivity contribution in [3.63, 3.8) is 0 Å². The standard InChI is InChI=1S/C23H18Cl2FN3O3/c1-14-3-2-4-18(24)21(14)31-13-17-9-10-20(32-17)23(30)27-22-19(25)12-29(28-22)11-15-5-7-16(26)8-6-15/h2-10,12H,11,13H2,1H3,(H,27,28,30). The monoisotopic (exact) mass is 473 g/mol. The largest absolute Gasteiger partial charge is 0.484 e. The third kappa shape index (κ3) is 5.12. The van der Waals surface area contributed by atoms with Crippen LogP contribution in [0.5, 0.6) is 5.75 Å². The SMILES string of the molecule is Cc1cccc(Cl)c1OCc1ccc(C(=O)Nc2nn(Cc3ccc(F)cc3)cc2Cl)o1. The first kappa shape index (κ1) is 21.9. The van der Waals surface area contributed by atoms with Crippen LogP contribution in [-0.4, -0.2) is 15.7 Å². The number of para-hydroxylation sites is 1. The van der Waals surface area contributed by atoms with Gasteiger partial charge in [-0.15, -0.1) is 0 Å². The zero-order valence-corrected chi connectivity index (χ0v) is 18.5. The van der Waals surface area contributed by atoms with Crippen LogP contribution in [0.1, 0.15) is 27.4 Å². The van der Waals surface area contributed by atoms with Gasteiger partial charge in [-0.25, -0.2) is 4.39 Å². The first-order valence-corrected chi connectivity index (χ1v) is 10.4. The van der Waals surface area contributed by atoms with Gasteiger partial charge in [0.15, 0.2) is 11.6 Å². The minimum absolute atomic E-state index is 0.0867. The van der Waals surface area contributed by atoms with Crippen LogP contribution in [0.3, 0.4) is 0 Å². The number of hydrogen-bond donors (Lipinski definition) is 1. The van der Waals surface area contributed by atoms with Crippen molar-refractivity contribution in [1.29, 1.82) is 0 Å². The van der Waals surface area contributed by atoms with Gasteiger partial charge in [-0.2, -0.15) is 5.10 Å². The van der Waals surface area contributed by atoms with Crippen molar-refractivity contribution < 1.29 is 18.3 Å². The highest BCUT2D eigenvalue weighted by Crippen LogP contribution is 2.29. The Balaban J connectivity index is 1.39. The molecule has 4 rings (SSSR count). The van der Waals surface area contributed by atoms with E-state index in [1.807, 2.05) is 19.1 Å². The van der Waals surface area contributed by atoms with E-state index in [2.05, 4.69) is 10.4 Å². The molecule has 4 aromatic rings. The number of halogens is 3. The Hall–Kier alpha value is -3.29. The summed E-state index contributed by atoms with van der Waals surface area (Å²) in [4.78, 5) is 12.6. The van der Waals surface area contributed by atoms with Crippen LogP contribution in [0, 0.1) is 12.7 Å². The Labute approximate surface area is 193 Å². The van der Waals surface area contributed by atoms with E-state index >= 15 is 0 Å². The summed E-state index contributed by atoms with van der Waals surface area (Å²) in [5, 5.41) is 7.67. The second kappa shape index (κ2) is 9.46. The van der Waals surface area contributed by atoms with Gasteiger partial charge in [0.1, 0.15) is 29.0 Å². The Bertz CT molecular complexity index is 1230. The summed E-state index contributed by atoms with van der Waals surface area (Å²) < 4.78 is 25.9. The first-order chi connectivity index (χ1) is 15.4. The van der Waals surface area contributed by atoms with Gasteiger partial charge in [0, 0.05) is 6.20 Å². The lowest BCUT2D eigenvalue weighted by atomic mass is 10.2. The van der Waals surface area contributed by atoms with E-state index in [-0.39, 0.29) is 29.0 Å². The third-order valence-corrected chi connectivity index (χ3v) is 5.19. The van der Waals surface area contributed by atoms with Gasteiger partial charge < -0.3 is 14.5 Å². The molecule has 0 saturated heterocycles. The maximum Gasteiger partial charge on any atom is 0.292 e. The summed E-state index contributed by atoms with van der Waals surface area (Å²) in [6.07, 6.45) is 1.58. The van der Waals surface area contributed by atoms with Gasteiger partial charge in [-0.05, 0) is 48.4 Å². The zero-order valence-electron chi connectivity index (χ0n) is 16.9. The van der Waals surface area contributed by atoms with Crippen LogP contribution in [0.4, 0.5) is 10.2 Å². The van der Waals surface area contributed by atoms with E-state index in [0.717, 1.165) is 11.1 Å². The van der Waals surface area contributed by atoms with E-state index in [1.54, 1.807) is 35.1 Å². The highest BCUT2D eigenvalue weighted by atomic mass is 35.5. The molecule has 0 unspecified atom stereocenters. The summed E-state index contributed by atoms with van der Waals surface area (Å²) in [7, 11) is 0. The number of nitrogens with one attached hydrogen (secondary N) is 1. The smallest absolute Gasteiger partial charge is 0.292 e. The van der Waals surface area contributed by atoms with E-state index in [1.165, 1.54) is 18.2 Å². The average Bonchev–Trinajstić information content (AvgIpc) is 3.36. The molecule has 0 saturated carbocycles. The molecule has 0 atom stereocenters. The van der Waals surface area contributed by atoms with Gasteiger partial charge in [0.25, 0.3) is 5.91 Å². The molecule has 2 heterocycles. The molecule has 0 radical (unpaired) electrons. The maximum atomic E-state index is 13.1. The quantitative estimate of drug-likeness (QED) is 0.351. The van der Waals surface area contributed by atoms with Gasteiger partial charge >= 0.3 is 0 Å². The van der Waals surface area contributed by atoms with Crippen molar-refractivity contribution in [1.82, 2.24) is 9.78 Å². The zero-order chi connectivity index (χ0) is 22.7. The summed E-state index contributed by atoms with van der Waals surface area (Å²) >= 11 is 12.4. The van der Waals surface area contributed by atoms with Gasteiger partial charge in [0.05, 0.1) is 11.6 Å². The predicted molar refractivity (Wildman–Crippen MR) is 120 cm³/mol. The van der Waals surface area contributed by atoms with Gasteiger partial charge in [-0.1, -0.05) is 47.5 Å². The molecule has 0 bridgehead atoms. The van der Waals surface area contributed by atoms with Crippen LogP contribution in [0.2, 0.25) is 10.0 Å². The second-order valence-electron chi connectivity index (χ2n) is 7.04. The summed E-state index contributed by atoms with van der Waals surface area (Å²) in [6, 6.07) is 14.7. The minimum atomic E-state index is -0.501.